The molecule has 0 saturated carbocycles. The Morgan fingerprint density at radius 1 is 1.00 bits per heavy atom. The van der Waals surface area contributed by atoms with E-state index in [1.54, 1.807) is 0 Å². The molecule has 2 heterocycles. The van der Waals surface area contributed by atoms with Crippen molar-refractivity contribution in [1.82, 2.24) is 15.1 Å². The third kappa shape index (κ3) is 5.08. The molecule has 9 heteroatoms. The maximum absolute atomic E-state index is 13.0. The standard InChI is InChI=1S/C21H27N3O6/c1-29-20(27)17-10-6-12-24(17)19(26)16-9-5-11-23(16)18(25)13-22-21(28)30-14-15-7-3-2-4-8-15/h2-4,7-8,16-17H,5-6,9-14H2,1H3,(H,22,28)/t16-,17+/m0/s1. The molecule has 0 unspecified atom stereocenters. The van der Waals surface area contributed by atoms with Crippen LogP contribution in [0, 0.1) is 0 Å². The number of alkyl carbamates (subject to hydrolysis) is 1. The SMILES string of the molecule is COC(=O)[C@H]1CCCN1C(=O)[C@@H]1CCCN1C(=O)CNC(=O)OCc1ccccc1. The number of esters is 1. The second-order valence-electron chi connectivity index (χ2n) is 7.37. The van der Waals surface area contributed by atoms with E-state index < -0.39 is 24.1 Å². The highest BCUT2D eigenvalue weighted by atomic mass is 16.5. The lowest BCUT2D eigenvalue weighted by Crippen LogP contribution is -2.52. The van der Waals surface area contributed by atoms with Crippen LogP contribution in [0.2, 0.25) is 0 Å². The number of nitrogens with one attached hydrogen (secondary N) is 1. The van der Waals surface area contributed by atoms with Gasteiger partial charge in [0.15, 0.2) is 0 Å². The van der Waals surface area contributed by atoms with E-state index in [1.165, 1.54) is 16.9 Å². The van der Waals surface area contributed by atoms with Crippen LogP contribution in [-0.2, 0) is 30.5 Å². The van der Waals surface area contributed by atoms with Gasteiger partial charge in [-0.25, -0.2) is 9.59 Å². The van der Waals surface area contributed by atoms with Crippen LogP contribution in [0.5, 0.6) is 0 Å². The van der Waals surface area contributed by atoms with Crippen LogP contribution in [0.15, 0.2) is 30.3 Å². The van der Waals surface area contributed by atoms with E-state index in [9.17, 15) is 19.2 Å². The number of carbonyl (C=O) groups excluding carboxylic acids is 4. The lowest BCUT2D eigenvalue weighted by Gasteiger charge is -2.30. The van der Waals surface area contributed by atoms with Crippen LogP contribution >= 0.6 is 0 Å². The number of methoxy groups -OCH3 is 1. The lowest BCUT2D eigenvalue weighted by atomic mass is 10.1. The molecule has 30 heavy (non-hydrogen) atoms. The molecule has 3 rings (SSSR count). The minimum Gasteiger partial charge on any atom is -0.467 e. The largest absolute Gasteiger partial charge is 0.467 e. The highest BCUT2D eigenvalue weighted by molar-refractivity contribution is 5.92. The minimum atomic E-state index is -0.695. The summed E-state index contributed by atoms with van der Waals surface area (Å²) in [5.74, 6) is -1.02. The van der Waals surface area contributed by atoms with Crippen molar-refractivity contribution >= 4 is 23.9 Å². The van der Waals surface area contributed by atoms with Crippen molar-refractivity contribution in [3.8, 4) is 0 Å². The first-order valence-corrected chi connectivity index (χ1v) is 10.1. The first kappa shape index (κ1) is 21.6. The second-order valence-corrected chi connectivity index (χ2v) is 7.37. The Hall–Kier alpha value is -3.10. The van der Waals surface area contributed by atoms with Crippen molar-refractivity contribution in [2.24, 2.45) is 0 Å². The van der Waals surface area contributed by atoms with Gasteiger partial charge < -0.3 is 24.6 Å². The zero-order valence-electron chi connectivity index (χ0n) is 17.0. The van der Waals surface area contributed by atoms with Crippen molar-refractivity contribution < 1.29 is 28.7 Å². The highest BCUT2D eigenvalue weighted by Crippen LogP contribution is 2.25. The molecule has 2 aliphatic rings. The quantitative estimate of drug-likeness (QED) is 0.694. The molecular weight excluding hydrogens is 390 g/mol. The molecule has 2 atom stereocenters. The van der Waals surface area contributed by atoms with Gasteiger partial charge in [-0.05, 0) is 31.2 Å². The average Bonchev–Trinajstić information content (AvgIpc) is 3.45. The Balaban J connectivity index is 1.50. The number of amides is 3. The highest BCUT2D eigenvalue weighted by Gasteiger charge is 2.42. The van der Waals surface area contributed by atoms with Gasteiger partial charge in [-0.1, -0.05) is 30.3 Å². The summed E-state index contributed by atoms with van der Waals surface area (Å²) >= 11 is 0. The summed E-state index contributed by atoms with van der Waals surface area (Å²) < 4.78 is 9.90. The van der Waals surface area contributed by atoms with Crippen molar-refractivity contribution in [3.05, 3.63) is 35.9 Å². The van der Waals surface area contributed by atoms with Gasteiger partial charge in [0.25, 0.3) is 0 Å². The molecule has 0 radical (unpaired) electrons. The number of carbonyl (C=O) groups is 4. The van der Waals surface area contributed by atoms with E-state index in [1.807, 2.05) is 30.3 Å². The van der Waals surface area contributed by atoms with Crippen LogP contribution in [0.25, 0.3) is 0 Å². The molecule has 1 aromatic rings. The van der Waals surface area contributed by atoms with E-state index >= 15 is 0 Å². The molecule has 0 aromatic heterocycles. The number of ether oxygens (including phenoxy) is 2. The monoisotopic (exact) mass is 417 g/mol. The molecule has 0 bridgehead atoms. The topological polar surface area (TPSA) is 105 Å². The summed E-state index contributed by atoms with van der Waals surface area (Å²) in [6.07, 6.45) is 1.82. The van der Waals surface area contributed by atoms with Gasteiger partial charge in [0.1, 0.15) is 25.2 Å². The Labute approximate surface area is 175 Å². The number of benzene rings is 1. The number of hydrogen-bond acceptors (Lipinski definition) is 6. The van der Waals surface area contributed by atoms with Gasteiger partial charge >= 0.3 is 12.1 Å². The molecule has 162 valence electrons. The third-order valence-corrected chi connectivity index (χ3v) is 5.46. The fraction of sp³-hybridized carbons (Fsp3) is 0.524. The molecule has 2 aliphatic heterocycles. The molecule has 3 amide bonds. The number of likely N-dealkylation sites (tertiary alicyclic amines) is 2. The van der Waals surface area contributed by atoms with Crippen LogP contribution in [0.4, 0.5) is 4.79 Å². The van der Waals surface area contributed by atoms with Crippen LogP contribution < -0.4 is 5.32 Å². The van der Waals surface area contributed by atoms with Crippen molar-refractivity contribution in [1.29, 1.82) is 0 Å². The van der Waals surface area contributed by atoms with Gasteiger partial charge in [0.05, 0.1) is 7.11 Å². The fourth-order valence-corrected chi connectivity index (χ4v) is 3.95. The maximum Gasteiger partial charge on any atom is 0.407 e. The zero-order valence-corrected chi connectivity index (χ0v) is 17.0. The van der Waals surface area contributed by atoms with Gasteiger partial charge in [0.2, 0.25) is 11.8 Å². The van der Waals surface area contributed by atoms with Gasteiger partial charge in [-0.3, -0.25) is 9.59 Å². The average molecular weight is 417 g/mol. The first-order valence-electron chi connectivity index (χ1n) is 10.1. The lowest BCUT2D eigenvalue weighted by molar-refractivity contribution is -0.153. The van der Waals surface area contributed by atoms with Crippen molar-refractivity contribution in [3.63, 3.8) is 0 Å². The molecule has 0 spiro atoms. The molecule has 1 aromatic carbocycles. The smallest absolute Gasteiger partial charge is 0.407 e. The van der Waals surface area contributed by atoms with Crippen LogP contribution in [-0.4, -0.2) is 72.5 Å². The second kappa shape index (κ2) is 10.1. The maximum atomic E-state index is 13.0. The summed E-state index contributed by atoms with van der Waals surface area (Å²) in [5.41, 5.74) is 0.843. The van der Waals surface area contributed by atoms with Crippen LogP contribution in [0.3, 0.4) is 0 Å². The molecule has 9 nitrogen and oxygen atoms in total. The van der Waals surface area contributed by atoms with Gasteiger partial charge in [-0.15, -0.1) is 0 Å². The van der Waals surface area contributed by atoms with E-state index in [0.29, 0.717) is 32.4 Å². The summed E-state index contributed by atoms with van der Waals surface area (Å²) in [4.78, 5) is 52.4. The summed E-state index contributed by atoms with van der Waals surface area (Å²) in [5, 5.41) is 2.44. The molecule has 1 N–H and O–H groups in total. The van der Waals surface area contributed by atoms with Crippen LogP contribution in [0.1, 0.15) is 31.2 Å². The Morgan fingerprint density at radius 2 is 1.67 bits per heavy atom. The van der Waals surface area contributed by atoms with E-state index in [4.69, 9.17) is 9.47 Å². The predicted octanol–water partition coefficient (Wildman–Crippen LogP) is 1.07. The molecule has 2 saturated heterocycles. The number of hydrogen-bond donors (Lipinski definition) is 1. The van der Waals surface area contributed by atoms with Crippen molar-refractivity contribution in [2.75, 3.05) is 26.7 Å². The first-order chi connectivity index (χ1) is 14.5. The molecular formula is C21H27N3O6. The molecule has 2 fully saturated rings. The van der Waals surface area contributed by atoms with Crippen molar-refractivity contribution in [2.45, 2.75) is 44.4 Å². The van der Waals surface area contributed by atoms with Gasteiger partial charge in [-0.2, -0.15) is 0 Å². The van der Waals surface area contributed by atoms with E-state index in [2.05, 4.69) is 5.32 Å². The zero-order chi connectivity index (χ0) is 21.5. The summed E-state index contributed by atoms with van der Waals surface area (Å²) in [7, 11) is 1.30. The normalized spacial score (nSPS) is 20.7. The third-order valence-electron chi connectivity index (χ3n) is 5.46. The van der Waals surface area contributed by atoms with E-state index in [-0.39, 0.29) is 25.0 Å². The predicted molar refractivity (Wildman–Crippen MR) is 106 cm³/mol. The molecule has 0 aliphatic carbocycles. The Kier molecular flexibility index (Phi) is 7.26. The van der Waals surface area contributed by atoms with E-state index in [0.717, 1.165) is 12.0 Å². The fourth-order valence-electron chi connectivity index (χ4n) is 3.95. The Bertz CT molecular complexity index is 784. The number of nitrogens with zero attached hydrogens (tertiary/aromatic N) is 2. The van der Waals surface area contributed by atoms with Gasteiger partial charge in [0, 0.05) is 13.1 Å². The number of rotatable bonds is 6. The summed E-state index contributed by atoms with van der Waals surface area (Å²) in [6.45, 7) is 0.765. The minimum absolute atomic E-state index is 0.107. The Morgan fingerprint density at radius 3 is 2.37 bits per heavy atom. The summed E-state index contributed by atoms with van der Waals surface area (Å²) in [6, 6.07) is 8.00.